The van der Waals surface area contributed by atoms with Gasteiger partial charge in [0.1, 0.15) is 0 Å². The quantitative estimate of drug-likeness (QED) is 0.272. The number of hydrogen-bond donors (Lipinski definition) is 2. The van der Waals surface area contributed by atoms with Gasteiger partial charge in [0.15, 0.2) is 5.96 Å². The maximum absolute atomic E-state index is 4.67. The Morgan fingerprint density at radius 1 is 1.25 bits per heavy atom. The molecule has 0 bridgehead atoms. The molecule has 0 amide bonds. The molecule has 0 spiro atoms. The first kappa shape index (κ1) is 21.4. The van der Waals surface area contributed by atoms with Crippen molar-refractivity contribution in [1.29, 1.82) is 0 Å². The molecule has 0 atom stereocenters. The van der Waals surface area contributed by atoms with E-state index >= 15 is 0 Å². The lowest BCUT2D eigenvalue weighted by molar-refractivity contribution is 0.665. The molecule has 1 aliphatic rings. The van der Waals surface area contributed by atoms with Crippen LogP contribution in [0.15, 0.2) is 22.0 Å². The Kier molecular flexibility index (Phi) is 10.6. The Bertz CT molecular complexity index is 537. The topological polar surface area (TPSA) is 49.3 Å². The van der Waals surface area contributed by atoms with Gasteiger partial charge in [-0.3, -0.25) is 4.99 Å². The van der Waals surface area contributed by atoms with Crippen LogP contribution in [0, 0.1) is 0 Å². The van der Waals surface area contributed by atoms with Crippen molar-refractivity contribution in [3.63, 3.8) is 0 Å². The van der Waals surface area contributed by atoms with Gasteiger partial charge in [0.05, 0.1) is 10.7 Å². The lowest BCUT2D eigenvalue weighted by atomic mass is 9.97. The second-order valence-corrected chi connectivity index (χ2v) is 7.26. The zero-order valence-electron chi connectivity index (χ0n) is 15.1. The van der Waals surface area contributed by atoms with Crippen LogP contribution in [0.1, 0.15) is 62.6 Å². The molecule has 1 heterocycles. The molecule has 1 aliphatic carbocycles. The number of hydrogen-bond acceptors (Lipinski definition) is 3. The maximum Gasteiger partial charge on any atom is 0.190 e. The SMILES string of the molecule is CN=C(NCCC1=CCCCC1)NCCc1csc(C(C)C)n1.I. The Labute approximate surface area is 167 Å². The third-order valence-corrected chi connectivity index (χ3v) is 5.28. The van der Waals surface area contributed by atoms with Gasteiger partial charge in [-0.25, -0.2) is 4.98 Å². The van der Waals surface area contributed by atoms with Crippen molar-refractivity contribution in [2.24, 2.45) is 4.99 Å². The summed E-state index contributed by atoms with van der Waals surface area (Å²) in [4.78, 5) is 8.96. The van der Waals surface area contributed by atoms with Gasteiger partial charge in [0.2, 0.25) is 0 Å². The molecule has 2 N–H and O–H groups in total. The number of rotatable bonds is 7. The van der Waals surface area contributed by atoms with Crippen molar-refractivity contribution in [2.45, 2.75) is 58.3 Å². The number of guanidine groups is 1. The van der Waals surface area contributed by atoms with Crippen LogP contribution >= 0.6 is 35.3 Å². The molecule has 1 aromatic rings. The molecule has 0 saturated heterocycles. The first-order valence-electron chi connectivity index (χ1n) is 8.75. The Morgan fingerprint density at radius 2 is 2.00 bits per heavy atom. The minimum atomic E-state index is 0. The number of nitrogens with one attached hydrogen (secondary N) is 2. The Morgan fingerprint density at radius 3 is 2.58 bits per heavy atom. The predicted octanol–water partition coefficient (Wildman–Crippen LogP) is 4.48. The van der Waals surface area contributed by atoms with Crippen LogP contribution in [0.25, 0.3) is 0 Å². The van der Waals surface area contributed by atoms with Crippen molar-refractivity contribution >= 4 is 41.3 Å². The predicted molar refractivity (Wildman–Crippen MR) is 116 cm³/mol. The Balaban J connectivity index is 0.00000288. The standard InChI is InChI=1S/C18H30N4S.HI/c1-14(2)17-22-16(13-23-17)10-12-21-18(19-3)20-11-9-15-7-5-4-6-8-15;/h7,13-14H,4-6,8-12H2,1-3H3,(H2,19,20,21);1H. The fourth-order valence-electron chi connectivity index (χ4n) is 2.71. The molecule has 0 aromatic carbocycles. The van der Waals surface area contributed by atoms with Crippen molar-refractivity contribution < 1.29 is 0 Å². The van der Waals surface area contributed by atoms with E-state index in [0.29, 0.717) is 5.92 Å². The highest BCUT2D eigenvalue weighted by molar-refractivity contribution is 14.0. The van der Waals surface area contributed by atoms with Crippen LogP contribution in [0.2, 0.25) is 0 Å². The van der Waals surface area contributed by atoms with E-state index in [4.69, 9.17) is 0 Å². The summed E-state index contributed by atoms with van der Waals surface area (Å²) in [5.74, 6) is 1.41. The average molecular weight is 462 g/mol. The van der Waals surface area contributed by atoms with Gasteiger partial charge in [-0.2, -0.15) is 0 Å². The number of aliphatic imine (C=N–C) groups is 1. The second kappa shape index (κ2) is 11.8. The molecule has 0 fully saturated rings. The smallest absolute Gasteiger partial charge is 0.190 e. The van der Waals surface area contributed by atoms with Gasteiger partial charge >= 0.3 is 0 Å². The van der Waals surface area contributed by atoms with E-state index in [0.717, 1.165) is 31.9 Å². The summed E-state index contributed by atoms with van der Waals surface area (Å²) >= 11 is 1.76. The molecule has 24 heavy (non-hydrogen) atoms. The molecule has 0 saturated carbocycles. The number of halogens is 1. The van der Waals surface area contributed by atoms with Gasteiger partial charge in [0, 0.05) is 37.9 Å². The van der Waals surface area contributed by atoms with Crippen molar-refractivity contribution in [2.75, 3.05) is 20.1 Å². The van der Waals surface area contributed by atoms with E-state index in [9.17, 15) is 0 Å². The molecule has 0 radical (unpaired) electrons. The molecule has 6 heteroatoms. The molecule has 2 rings (SSSR count). The van der Waals surface area contributed by atoms with Crippen LogP contribution in [0.4, 0.5) is 0 Å². The van der Waals surface area contributed by atoms with Crippen LogP contribution in [0.3, 0.4) is 0 Å². The van der Waals surface area contributed by atoms with E-state index in [1.807, 2.05) is 7.05 Å². The number of allylic oxidation sites excluding steroid dienone is 1. The van der Waals surface area contributed by atoms with Gasteiger partial charge in [-0.05, 0) is 32.1 Å². The number of aromatic nitrogens is 1. The highest BCUT2D eigenvalue weighted by atomic mass is 127. The zero-order valence-corrected chi connectivity index (χ0v) is 18.2. The van der Waals surface area contributed by atoms with E-state index < -0.39 is 0 Å². The normalized spacial score (nSPS) is 15.0. The van der Waals surface area contributed by atoms with Crippen molar-refractivity contribution in [1.82, 2.24) is 15.6 Å². The maximum atomic E-state index is 4.67. The summed E-state index contributed by atoms with van der Waals surface area (Å²) in [6, 6.07) is 0. The van der Waals surface area contributed by atoms with Crippen molar-refractivity contribution in [3.05, 3.63) is 27.7 Å². The van der Waals surface area contributed by atoms with E-state index in [1.54, 1.807) is 16.9 Å². The van der Waals surface area contributed by atoms with E-state index in [2.05, 4.69) is 45.9 Å². The monoisotopic (exact) mass is 462 g/mol. The fraction of sp³-hybridized carbons (Fsp3) is 0.667. The minimum absolute atomic E-state index is 0. The molecular formula is C18H31IN4S. The number of nitrogens with zero attached hydrogens (tertiary/aromatic N) is 2. The first-order valence-corrected chi connectivity index (χ1v) is 9.63. The zero-order chi connectivity index (χ0) is 16.5. The lowest BCUT2D eigenvalue weighted by Crippen LogP contribution is -2.38. The highest BCUT2D eigenvalue weighted by Gasteiger charge is 2.06. The molecule has 136 valence electrons. The first-order chi connectivity index (χ1) is 11.2. The average Bonchev–Trinajstić information content (AvgIpc) is 3.03. The lowest BCUT2D eigenvalue weighted by Gasteiger charge is -2.15. The summed E-state index contributed by atoms with van der Waals surface area (Å²) in [6.07, 6.45) is 9.72. The second-order valence-electron chi connectivity index (χ2n) is 6.37. The third kappa shape index (κ3) is 7.51. The van der Waals surface area contributed by atoms with Gasteiger partial charge in [-0.1, -0.05) is 25.5 Å². The minimum Gasteiger partial charge on any atom is -0.356 e. The molecule has 0 aliphatic heterocycles. The summed E-state index contributed by atoms with van der Waals surface area (Å²) in [7, 11) is 1.83. The largest absolute Gasteiger partial charge is 0.356 e. The van der Waals surface area contributed by atoms with Crippen LogP contribution in [-0.2, 0) is 6.42 Å². The highest BCUT2D eigenvalue weighted by Crippen LogP contribution is 2.20. The Hall–Kier alpha value is -0.630. The van der Waals surface area contributed by atoms with E-state index in [1.165, 1.54) is 36.4 Å². The van der Waals surface area contributed by atoms with Gasteiger partial charge in [-0.15, -0.1) is 35.3 Å². The van der Waals surface area contributed by atoms with Crippen LogP contribution in [-0.4, -0.2) is 31.1 Å². The van der Waals surface area contributed by atoms with Crippen LogP contribution < -0.4 is 10.6 Å². The molecule has 0 unspecified atom stereocenters. The van der Waals surface area contributed by atoms with Crippen LogP contribution in [0.5, 0.6) is 0 Å². The van der Waals surface area contributed by atoms with Crippen molar-refractivity contribution in [3.8, 4) is 0 Å². The fourth-order valence-corrected chi connectivity index (χ4v) is 3.57. The molecular weight excluding hydrogens is 431 g/mol. The summed E-state index contributed by atoms with van der Waals surface area (Å²) in [5, 5.41) is 10.2. The number of thiazole rings is 1. The van der Waals surface area contributed by atoms with E-state index in [-0.39, 0.29) is 24.0 Å². The van der Waals surface area contributed by atoms with Gasteiger partial charge in [0.25, 0.3) is 0 Å². The molecule has 1 aromatic heterocycles. The summed E-state index contributed by atoms with van der Waals surface area (Å²) < 4.78 is 0. The third-order valence-electron chi connectivity index (χ3n) is 4.08. The van der Waals surface area contributed by atoms with Gasteiger partial charge < -0.3 is 10.6 Å². The summed E-state index contributed by atoms with van der Waals surface area (Å²) in [5.41, 5.74) is 2.77. The summed E-state index contributed by atoms with van der Waals surface area (Å²) in [6.45, 7) is 6.20. The molecule has 4 nitrogen and oxygen atoms in total.